The molecule has 136 valence electrons. The standard InChI is InChI=1S/C20H27N3O.ClH/c1-14-6-4-8-18(10-14)23-15(2)11-19(16(23)3)20(24)22-13-17-7-5-9-21-12-17;/h4,6,8,10-11,17,21H,5,7,9,12-13H2,1-3H3,(H,22,24);1H. The Kier molecular flexibility index (Phi) is 6.68. The van der Waals surface area contributed by atoms with Crippen molar-refractivity contribution in [2.75, 3.05) is 19.6 Å². The van der Waals surface area contributed by atoms with Gasteiger partial charge in [-0.25, -0.2) is 0 Å². The zero-order valence-electron chi connectivity index (χ0n) is 15.3. The normalized spacial score (nSPS) is 17.0. The highest BCUT2D eigenvalue weighted by Crippen LogP contribution is 2.21. The molecule has 2 N–H and O–H groups in total. The lowest BCUT2D eigenvalue weighted by molar-refractivity contribution is 0.0944. The summed E-state index contributed by atoms with van der Waals surface area (Å²) >= 11 is 0. The summed E-state index contributed by atoms with van der Waals surface area (Å²) in [5.41, 5.74) is 5.19. The number of aryl methyl sites for hydroxylation is 2. The molecule has 1 unspecified atom stereocenters. The molecule has 0 radical (unpaired) electrons. The van der Waals surface area contributed by atoms with Gasteiger partial charge in [-0.15, -0.1) is 12.4 Å². The fraction of sp³-hybridized carbons (Fsp3) is 0.450. The molecule has 1 atom stereocenters. The molecule has 0 aliphatic carbocycles. The van der Waals surface area contributed by atoms with E-state index in [0.717, 1.165) is 42.3 Å². The van der Waals surface area contributed by atoms with Crippen molar-refractivity contribution in [2.24, 2.45) is 5.92 Å². The minimum Gasteiger partial charge on any atom is -0.352 e. The number of amides is 1. The van der Waals surface area contributed by atoms with Crippen LogP contribution in [0.15, 0.2) is 30.3 Å². The molecule has 2 heterocycles. The highest BCUT2D eigenvalue weighted by atomic mass is 35.5. The first-order valence-corrected chi connectivity index (χ1v) is 8.81. The van der Waals surface area contributed by atoms with Gasteiger partial charge in [-0.3, -0.25) is 4.79 Å². The number of benzene rings is 1. The number of halogens is 1. The lowest BCUT2D eigenvalue weighted by atomic mass is 10.00. The predicted octanol–water partition coefficient (Wildman–Crippen LogP) is 3.55. The summed E-state index contributed by atoms with van der Waals surface area (Å²) in [7, 11) is 0. The number of carbonyl (C=O) groups excluding carboxylic acids is 1. The van der Waals surface area contributed by atoms with E-state index in [9.17, 15) is 4.79 Å². The van der Waals surface area contributed by atoms with Crippen molar-refractivity contribution in [3.63, 3.8) is 0 Å². The maximum Gasteiger partial charge on any atom is 0.253 e. The van der Waals surface area contributed by atoms with Gasteiger partial charge >= 0.3 is 0 Å². The molecular weight excluding hydrogens is 334 g/mol. The molecular formula is C20H28ClN3O. The van der Waals surface area contributed by atoms with E-state index in [2.05, 4.69) is 53.3 Å². The highest BCUT2D eigenvalue weighted by molar-refractivity contribution is 5.95. The van der Waals surface area contributed by atoms with Crippen LogP contribution in [0.25, 0.3) is 5.69 Å². The summed E-state index contributed by atoms with van der Waals surface area (Å²) in [6.07, 6.45) is 2.39. The predicted molar refractivity (Wildman–Crippen MR) is 105 cm³/mol. The zero-order valence-corrected chi connectivity index (χ0v) is 16.1. The first-order valence-electron chi connectivity index (χ1n) is 8.81. The Morgan fingerprint density at radius 2 is 2.08 bits per heavy atom. The van der Waals surface area contributed by atoms with Crippen LogP contribution in [0.4, 0.5) is 0 Å². The Morgan fingerprint density at radius 1 is 1.28 bits per heavy atom. The Labute approximate surface area is 156 Å². The molecule has 5 heteroatoms. The lowest BCUT2D eigenvalue weighted by Gasteiger charge is -2.22. The molecule has 0 spiro atoms. The van der Waals surface area contributed by atoms with Crippen molar-refractivity contribution in [1.29, 1.82) is 0 Å². The van der Waals surface area contributed by atoms with Crippen molar-refractivity contribution in [3.05, 3.63) is 52.8 Å². The third kappa shape index (κ3) is 4.44. The number of rotatable bonds is 4. The van der Waals surface area contributed by atoms with E-state index >= 15 is 0 Å². The largest absolute Gasteiger partial charge is 0.352 e. The van der Waals surface area contributed by atoms with Crippen LogP contribution in [0.1, 0.15) is 40.2 Å². The SMILES string of the molecule is Cc1cccc(-n2c(C)cc(C(=O)NCC3CCCNC3)c2C)c1.Cl. The summed E-state index contributed by atoms with van der Waals surface area (Å²) in [4.78, 5) is 12.6. The van der Waals surface area contributed by atoms with Crippen molar-refractivity contribution < 1.29 is 4.79 Å². The van der Waals surface area contributed by atoms with E-state index in [1.165, 1.54) is 18.4 Å². The molecule has 2 aromatic rings. The van der Waals surface area contributed by atoms with E-state index in [1.54, 1.807) is 0 Å². The average Bonchev–Trinajstić information content (AvgIpc) is 2.88. The highest BCUT2D eigenvalue weighted by Gasteiger charge is 2.19. The van der Waals surface area contributed by atoms with Crippen molar-refractivity contribution in [3.8, 4) is 5.69 Å². The molecule has 1 aromatic carbocycles. The number of piperidine rings is 1. The van der Waals surface area contributed by atoms with Crippen LogP contribution in [-0.4, -0.2) is 30.1 Å². The fourth-order valence-corrected chi connectivity index (χ4v) is 3.59. The minimum atomic E-state index is 0. The first kappa shape index (κ1) is 19.5. The van der Waals surface area contributed by atoms with Gasteiger partial charge in [0, 0.05) is 23.6 Å². The van der Waals surface area contributed by atoms with Crippen LogP contribution in [0.2, 0.25) is 0 Å². The van der Waals surface area contributed by atoms with Crippen LogP contribution >= 0.6 is 12.4 Å². The molecule has 3 rings (SSSR count). The summed E-state index contributed by atoms with van der Waals surface area (Å²) in [6, 6.07) is 10.4. The second kappa shape index (κ2) is 8.54. The molecule has 0 saturated carbocycles. The molecule has 0 bridgehead atoms. The number of aromatic nitrogens is 1. The maximum absolute atomic E-state index is 12.6. The van der Waals surface area contributed by atoms with Crippen molar-refractivity contribution >= 4 is 18.3 Å². The van der Waals surface area contributed by atoms with E-state index < -0.39 is 0 Å². The molecule has 1 fully saturated rings. The van der Waals surface area contributed by atoms with E-state index in [-0.39, 0.29) is 18.3 Å². The second-order valence-electron chi connectivity index (χ2n) is 6.88. The number of hydrogen-bond acceptors (Lipinski definition) is 2. The van der Waals surface area contributed by atoms with Gasteiger partial charge < -0.3 is 15.2 Å². The van der Waals surface area contributed by atoms with E-state index in [1.807, 2.05) is 13.0 Å². The van der Waals surface area contributed by atoms with Crippen LogP contribution in [0, 0.1) is 26.7 Å². The lowest BCUT2D eigenvalue weighted by Crippen LogP contribution is -2.38. The van der Waals surface area contributed by atoms with Crippen LogP contribution in [0.3, 0.4) is 0 Å². The van der Waals surface area contributed by atoms with E-state index in [4.69, 9.17) is 0 Å². The molecule has 25 heavy (non-hydrogen) atoms. The molecule has 1 aliphatic heterocycles. The van der Waals surface area contributed by atoms with E-state index in [0.29, 0.717) is 5.92 Å². The van der Waals surface area contributed by atoms with Crippen molar-refractivity contribution in [2.45, 2.75) is 33.6 Å². The van der Waals surface area contributed by atoms with Crippen LogP contribution in [0.5, 0.6) is 0 Å². The van der Waals surface area contributed by atoms with Gasteiger partial charge in [0.2, 0.25) is 0 Å². The monoisotopic (exact) mass is 361 g/mol. The molecule has 1 saturated heterocycles. The molecule has 1 aromatic heterocycles. The second-order valence-corrected chi connectivity index (χ2v) is 6.88. The average molecular weight is 362 g/mol. The smallest absolute Gasteiger partial charge is 0.253 e. The Bertz CT molecular complexity index is 733. The van der Waals surface area contributed by atoms with Gasteiger partial charge in [-0.2, -0.15) is 0 Å². The summed E-state index contributed by atoms with van der Waals surface area (Å²) < 4.78 is 2.16. The number of carbonyl (C=O) groups is 1. The third-order valence-corrected chi connectivity index (χ3v) is 4.89. The maximum atomic E-state index is 12.6. The van der Waals surface area contributed by atoms with Crippen molar-refractivity contribution in [1.82, 2.24) is 15.2 Å². The van der Waals surface area contributed by atoms with Crippen LogP contribution < -0.4 is 10.6 Å². The number of hydrogen-bond donors (Lipinski definition) is 2. The third-order valence-electron chi connectivity index (χ3n) is 4.89. The van der Waals surface area contributed by atoms with Gasteiger partial charge in [-0.05, 0) is 76.4 Å². The Balaban J connectivity index is 0.00000225. The number of nitrogens with zero attached hydrogens (tertiary/aromatic N) is 1. The Morgan fingerprint density at radius 3 is 2.76 bits per heavy atom. The van der Waals surface area contributed by atoms with Gasteiger partial charge in [0.05, 0.1) is 5.56 Å². The number of nitrogens with one attached hydrogen (secondary N) is 2. The van der Waals surface area contributed by atoms with Gasteiger partial charge in [-0.1, -0.05) is 12.1 Å². The van der Waals surface area contributed by atoms with Gasteiger partial charge in [0.15, 0.2) is 0 Å². The summed E-state index contributed by atoms with van der Waals surface area (Å²) in [5, 5.41) is 6.51. The fourth-order valence-electron chi connectivity index (χ4n) is 3.59. The summed E-state index contributed by atoms with van der Waals surface area (Å²) in [6.45, 7) is 9.01. The molecule has 1 aliphatic rings. The molecule has 1 amide bonds. The van der Waals surface area contributed by atoms with Crippen LogP contribution in [-0.2, 0) is 0 Å². The summed E-state index contributed by atoms with van der Waals surface area (Å²) in [5.74, 6) is 0.579. The first-order chi connectivity index (χ1) is 11.6. The van der Waals surface area contributed by atoms with Gasteiger partial charge in [0.1, 0.15) is 0 Å². The van der Waals surface area contributed by atoms with Gasteiger partial charge in [0.25, 0.3) is 5.91 Å². The Hall–Kier alpha value is -1.78. The minimum absolute atomic E-state index is 0. The molecule has 4 nitrogen and oxygen atoms in total. The quantitative estimate of drug-likeness (QED) is 0.874. The topological polar surface area (TPSA) is 46.1 Å². The zero-order chi connectivity index (χ0) is 17.1.